The quantitative estimate of drug-likeness (QED) is 0.893. The Labute approximate surface area is 155 Å². The van der Waals surface area contributed by atoms with Crippen LogP contribution in [0.5, 0.6) is 0 Å². The maximum Gasteiger partial charge on any atom is 0.230 e. The molecule has 27 heavy (non-hydrogen) atoms. The molecular weight excluding hydrogens is 354 g/mol. The summed E-state index contributed by atoms with van der Waals surface area (Å²) < 4.78 is 28.4. The van der Waals surface area contributed by atoms with Crippen molar-refractivity contribution in [1.29, 1.82) is 0 Å². The first kappa shape index (κ1) is 17.6. The first-order chi connectivity index (χ1) is 13.0. The Morgan fingerprint density at radius 2 is 1.93 bits per heavy atom. The Bertz CT molecular complexity index is 876. The van der Waals surface area contributed by atoms with Crippen LogP contribution >= 0.6 is 0 Å². The Balaban J connectivity index is 1.45. The van der Waals surface area contributed by atoms with Crippen molar-refractivity contribution in [3.8, 4) is 0 Å². The lowest BCUT2D eigenvalue weighted by Gasteiger charge is -2.18. The molecule has 1 saturated heterocycles. The van der Waals surface area contributed by atoms with Gasteiger partial charge in [-0.05, 0) is 25.0 Å². The highest BCUT2D eigenvalue weighted by Crippen LogP contribution is 2.32. The van der Waals surface area contributed by atoms with Crippen LogP contribution in [0.1, 0.15) is 38.1 Å². The van der Waals surface area contributed by atoms with Crippen molar-refractivity contribution < 1.29 is 18.4 Å². The lowest BCUT2D eigenvalue weighted by molar-refractivity contribution is -0.122. The van der Waals surface area contributed by atoms with Crippen molar-refractivity contribution in [1.82, 2.24) is 9.78 Å². The second kappa shape index (κ2) is 7.09. The van der Waals surface area contributed by atoms with Gasteiger partial charge in [-0.15, -0.1) is 0 Å². The van der Waals surface area contributed by atoms with Crippen LogP contribution in [0.4, 0.5) is 20.3 Å². The van der Waals surface area contributed by atoms with Crippen LogP contribution in [0, 0.1) is 17.6 Å². The van der Waals surface area contributed by atoms with Gasteiger partial charge in [0.25, 0.3) is 0 Å². The lowest BCUT2D eigenvalue weighted by Crippen LogP contribution is -2.29. The molecule has 1 saturated carbocycles. The summed E-state index contributed by atoms with van der Waals surface area (Å²) in [5.74, 6) is -2.48. The second-order valence-electron chi connectivity index (χ2n) is 7.09. The molecule has 2 aromatic rings. The number of nitrogens with one attached hydrogen (secondary N) is 1. The van der Waals surface area contributed by atoms with E-state index in [4.69, 9.17) is 0 Å². The molecule has 0 unspecified atom stereocenters. The van der Waals surface area contributed by atoms with E-state index in [1.54, 1.807) is 12.3 Å². The van der Waals surface area contributed by atoms with E-state index in [2.05, 4.69) is 10.4 Å². The molecule has 1 atom stereocenters. The molecular formula is C19H20F2N4O2. The van der Waals surface area contributed by atoms with Crippen LogP contribution in [-0.4, -0.2) is 28.1 Å². The summed E-state index contributed by atoms with van der Waals surface area (Å²) in [7, 11) is 0. The summed E-state index contributed by atoms with van der Waals surface area (Å²) in [6.07, 6.45) is 6.06. The molecule has 1 aliphatic heterocycles. The first-order valence-electron chi connectivity index (χ1n) is 9.12. The van der Waals surface area contributed by atoms with Gasteiger partial charge in [-0.1, -0.05) is 12.8 Å². The number of carbonyl (C=O) groups excluding carboxylic acids is 2. The van der Waals surface area contributed by atoms with Crippen molar-refractivity contribution in [2.24, 2.45) is 5.92 Å². The van der Waals surface area contributed by atoms with E-state index in [1.165, 1.54) is 11.0 Å². The zero-order chi connectivity index (χ0) is 19.0. The van der Waals surface area contributed by atoms with E-state index in [1.807, 2.05) is 4.68 Å². The molecule has 4 rings (SSSR count). The van der Waals surface area contributed by atoms with E-state index in [0.717, 1.165) is 37.8 Å². The zero-order valence-corrected chi connectivity index (χ0v) is 14.7. The second-order valence-corrected chi connectivity index (χ2v) is 7.09. The number of hydrogen-bond acceptors (Lipinski definition) is 3. The molecule has 2 aliphatic rings. The molecule has 6 nitrogen and oxygen atoms in total. The van der Waals surface area contributed by atoms with E-state index in [-0.39, 0.29) is 30.5 Å². The molecule has 1 aliphatic carbocycles. The number of benzene rings is 1. The summed E-state index contributed by atoms with van der Waals surface area (Å²) in [5.41, 5.74) is 0.255. The van der Waals surface area contributed by atoms with Crippen LogP contribution in [0.25, 0.3) is 0 Å². The molecule has 142 valence electrons. The first-order valence-corrected chi connectivity index (χ1v) is 9.12. The molecule has 0 bridgehead atoms. The Hall–Kier alpha value is -2.77. The fourth-order valence-corrected chi connectivity index (χ4v) is 3.87. The number of anilines is 2. The van der Waals surface area contributed by atoms with Gasteiger partial charge in [0.2, 0.25) is 11.8 Å². The third-order valence-electron chi connectivity index (χ3n) is 5.30. The van der Waals surface area contributed by atoms with Gasteiger partial charge in [0, 0.05) is 30.8 Å². The van der Waals surface area contributed by atoms with Crippen molar-refractivity contribution in [2.75, 3.05) is 16.8 Å². The van der Waals surface area contributed by atoms with Crippen LogP contribution in [0.3, 0.4) is 0 Å². The largest absolute Gasteiger partial charge is 0.311 e. The minimum atomic E-state index is -1.02. The van der Waals surface area contributed by atoms with Crippen molar-refractivity contribution in [2.45, 2.75) is 38.1 Å². The standard InChI is InChI=1S/C19H20F2N4O2/c20-15-6-5-14(10-16(15)21)24-11-12(9-18(24)26)19(27)23-17-7-8-22-25(17)13-3-1-2-4-13/h5-8,10,12-13H,1-4,9,11H2,(H,23,27)/t12-/m0/s1. The maximum atomic E-state index is 13.5. The highest BCUT2D eigenvalue weighted by molar-refractivity contribution is 6.03. The Morgan fingerprint density at radius 3 is 2.67 bits per heavy atom. The fourth-order valence-electron chi connectivity index (χ4n) is 3.87. The van der Waals surface area contributed by atoms with Crippen molar-refractivity contribution in [3.63, 3.8) is 0 Å². The Morgan fingerprint density at radius 1 is 1.15 bits per heavy atom. The van der Waals surface area contributed by atoms with E-state index >= 15 is 0 Å². The van der Waals surface area contributed by atoms with Gasteiger partial charge in [-0.2, -0.15) is 5.10 Å². The van der Waals surface area contributed by atoms with Crippen LogP contribution in [0.15, 0.2) is 30.5 Å². The molecule has 1 aromatic heterocycles. The third kappa shape index (κ3) is 3.43. The Kier molecular flexibility index (Phi) is 4.63. The van der Waals surface area contributed by atoms with Gasteiger partial charge in [-0.25, -0.2) is 13.5 Å². The average Bonchev–Trinajstić information content (AvgIpc) is 3.37. The molecule has 1 N–H and O–H groups in total. The van der Waals surface area contributed by atoms with Crippen LogP contribution < -0.4 is 10.2 Å². The zero-order valence-electron chi connectivity index (χ0n) is 14.7. The summed E-state index contributed by atoms with van der Waals surface area (Å²) >= 11 is 0. The van der Waals surface area contributed by atoms with Gasteiger partial charge in [0.1, 0.15) is 5.82 Å². The normalized spacial score (nSPS) is 20.4. The number of nitrogens with zero attached hydrogens (tertiary/aromatic N) is 3. The monoisotopic (exact) mass is 374 g/mol. The number of halogens is 2. The summed E-state index contributed by atoms with van der Waals surface area (Å²) in [6.45, 7) is 0.132. The summed E-state index contributed by atoms with van der Waals surface area (Å²) in [6, 6.07) is 5.33. The highest BCUT2D eigenvalue weighted by Gasteiger charge is 2.36. The highest BCUT2D eigenvalue weighted by atomic mass is 19.2. The van der Waals surface area contributed by atoms with Gasteiger partial charge in [-0.3, -0.25) is 9.59 Å². The topological polar surface area (TPSA) is 67.2 Å². The number of rotatable bonds is 4. The van der Waals surface area contributed by atoms with Crippen LogP contribution in [-0.2, 0) is 9.59 Å². The van der Waals surface area contributed by atoms with Gasteiger partial charge in [0.15, 0.2) is 11.6 Å². The number of aromatic nitrogens is 2. The van der Waals surface area contributed by atoms with Gasteiger partial charge >= 0.3 is 0 Å². The minimum absolute atomic E-state index is 0.0302. The molecule has 2 heterocycles. The predicted molar refractivity (Wildman–Crippen MR) is 95.2 cm³/mol. The van der Waals surface area contributed by atoms with E-state index in [9.17, 15) is 18.4 Å². The van der Waals surface area contributed by atoms with Crippen molar-refractivity contribution >= 4 is 23.3 Å². The fraction of sp³-hybridized carbons (Fsp3) is 0.421. The molecule has 8 heteroatoms. The van der Waals surface area contributed by atoms with Crippen molar-refractivity contribution in [3.05, 3.63) is 42.1 Å². The lowest BCUT2D eigenvalue weighted by atomic mass is 10.1. The number of carbonyl (C=O) groups is 2. The third-order valence-corrected chi connectivity index (χ3v) is 5.30. The minimum Gasteiger partial charge on any atom is -0.311 e. The molecule has 2 fully saturated rings. The average molecular weight is 374 g/mol. The van der Waals surface area contributed by atoms with Gasteiger partial charge in [0.05, 0.1) is 18.2 Å². The summed E-state index contributed by atoms with van der Waals surface area (Å²) in [4.78, 5) is 26.3. The smallest absolute Gasteiger partial charge is 0.230 e. The number of amides is 2. The summed E-state index contributed by atoms with van der Waals surface area (Å²) in [5, 5.41) is 7.19. The molecule has 0 radical (unpaired) electrons. The van der Waals surface area contributed by atoms with Gasteiger partial charge < -0.3 is 10.2 Å². The number of hydrogen-bond donors (Lipinski definition) is 1. The van der Waals surface area contributed by atoms with E-state index < -0.39 is 17.6 Å². The SMILES string of the molecule is O=C(Nc1ccnn1C1CCCC1)[C@H]1CC(=O)N(c2ccc(F)c(F)c2)C1. The van der Waals surface area contributed by atoms with E-state index in [0.29, 0.717) is 11.9 Å². The van der Waals surface area contributed by atoms with Crippen LogP contribution in [0.2, 0.25) is 0 Å². The molecule has 1 aromatic carbocycles. The predicted octanol–water partition coefficient (Wildman–Crippen LogP) is 3.27. The molecule has 2 amide bonds. The maximum absolute atomic E-state index is 13.5. The molecule has 0 spiro atoms.